The monoisotopic (exact) mass is 221 g/mol. The minimum atomic E-state index is 0.226. The van der Waals surface area contributed by atoms with Gasteiger partial charge in [-0.2, -0.15) is 0 Å². The van der Waals surface area contributed by atoms with Crippen molar-refractivity contribution in [3.8, 4) is 0 Å². The molecule has 0 aliphatic carbocycles. The van der Waals surface area contributed by atoms with E-state index in [4.69, 9.17) is 0 Å². The van der Waals surface area contributed by atoms with Gasteiger partial charge in [0.1, 0.15) is 5.84 Å². The number of nitrogens with zero attached hydrogens (tertiary/aromatic N) is 2. The van der Waals surface area contributed by atoms with Gasteiger partial charge in [0.05, 0.1) is 13.1 Å². The molecule has 4 nitrogen and oxygen atoms in total. The number of hydrogen-bond acceptors (Lipinski definition) is 4. The summed E-state index contributed by atoms with van der Waals surface area (Å²) in [5.41, 5.74) is 0.843. The zero-order valence-electron chi connectivity index (χ0n) is 9.99. The third kappa shape index (κ3) is 2.70. The number of Topliss-reactive ketones (excluding diaryl/α,β-unsaturated/α-hetero) is 1. The standard InChI is InChI=1S/C12H19N3O/c1-9(2)14-12-6-10(7-13-12)11(16)8-15-4-3-5-15/h6,9H,3-5,7-8H2,1-2H3,(H,13,14). The van der Waals surface area contributed by atoms with Crippen LogP contribution in [0.15, 0.2) is 16.6 Å². The van der Waals surface area contributed by atoms with Crippen LogP contribution in [0.4, 0.5) is 0 Å². The van der Waals surface area contributed by atoms with E-state index < -0.39 is 0 Å². The molecule has 2 aliphatic rings. The molecule has 0 bridgehead atoms. The number of amidine groups is 1. The molecule has 4 heteroatoms. The van der Waals surface area contributed by atoms with E-state index in [9.17, 15) is 4.79 Å². The van der Waals surface area contributed by atoms with E-state index >= 15 is 0 Å². The second kappa shape index (κ2) is 4.78. The number of ketones is 1. The molecule has 88 valence electrons. The van der Waals surface area contributed by atoms with E-state index in [1.165, 1.54) is 6.42 Å². The van der Waals surface area contributed by atoms with Crippen LogP contribution in [0.1, 0.15) is 20.3 Å². The Bertz CT molecular complexity index is 340. The van der Waals surface area contributed by atoms with Gasteiger partial charge in [0.15, 0.2) is 5.78 Å². The third-order valence-corrected chi connectivity index (χ3v) is 2.84. The smallest absolute Gasteiger partial charge is 0.174 e. The van der Waals surface area contributed by atoms with Crippen molar-refractivity contribution in [1.82, 2.24) is 10.2 Å². The first kappa shape index (κ1) is 11.3. The molecular weight excluding hydrogens is 202 g/mol. The van der Waals surface area contributed by atoms with Gasteiger partial charge in [-0.15, -0.1) is 0 Å². The van der Waals surface area contributed by atoms with Crippen molar-refractivity contribution < 1.29 is 4.79 Å². The van der Waals surface area contributed by atoms with Gasteiger partial charge < -0.3 is 5.32 Å². The Morgan fingerprint density at radius 2 is 2.31 bits per heavy atom. The molecule has 1 fully saturated rings. The minimum absolute atomic E-state index is 0.226. The lowest BCUT2D eigenvalue weighted by Crippen LogP contribution is -2.41. The lowest BCUT2D eigenvalue weighted by molar-refractivity contribution is -0.117. The fourth-order valence-electron chi connectivity index (χ4n) is 1.82. The van der Waals surface area contributed by atoms with Crippen molar-refractivity contribution in [2.75, 3.05) is 26.2 Å². The Morgan fingerprint density at radius 3 is 2.88 bits per heavy atom. The normalized spacial score (nSPS) is 20.4. The summed E-state index contributed by atoms with van der Waals surface area (Å²) < 4.78 is 0. The molecule has 2 heterocycles. The van der Waals surface area contributed by atoms with E-state index in [2.05, 4.69) is 29.1 Å². The van der Waals surface area contributed by atoms with Gasteiger partial charge in [-0.1, -0.05) is 0 Å². The molecule has 0 spiro atoms. The number of aliphatic imine (C=N–C) groups is 1. The molecule has 0 aromatic rings. The Balaban J connectivity index is 1.84. The van der Waals surface area contributed by atoms with Crippen LogP contribution in [0.5, 0.6) is 0 Å². The zero-order chi connectivity index (χ0) is 11.5. The number of carbonyl (C=O) groups is 1. The Kier molecular flexibility index (Phi) is 3.39. The highest BCUT2D eigenvalue weighted by Gasteiger charge is 2.21. The molecule has 2 aliphatic heterocycles. The largest absolute Gasteiger partial charge is 0.368 e. The minimum Gasteiger partial charge on any atom is -0.368 e. The van der Waals surface area contributed by atoms with Gasteiger partial charge in [-0.3, -0.25) is 14.7 Å². The van der Waals surface area contributed by atoms with Crippen molar-refractivity contribution >= 4 is 11.6 Å². The summed E-state index contributed by atoms with van der Waals surface area (Å²) in [6, 6.07) is 0.361. The topological polar surface area (TPSA) is 44.7 Å². The highest BCUT2D eigenvalue weighted by molar-refractivity contribution is 6.07. The fraction of sp³-hybridized carbons (Fsp3) is 0.667. The van der Waals surface area contributed by atoms with Crippen LogP contribution < -0.4 is 5.32 Å². The van der Waals surface area contributed by atoms with Crippen LogP contribution in [-0.2, 0) is 4.79 Å². The fourth-order valence-corrected chi connectivity index (χ4v) is 1.82. The molecule has 1 saturated heterocycles. The second-order valence-corrected chi connectivity index (χ2v) is 4.72. The average Bonchev–Trinajstić information content (AvgIpc) is 2.58. The number of hydrogen-bond donors (Lipinski definition) is 1. The molecule has 16 heavy (non-hydrogen) atoms. The van der Waals surface area contributed by atoms with Crippen molar-refractivity contribution in [2.45, 2.75) is 26.3 Å². The van der Waals surface area contributed by atoms with E-state index in [1.54, 1.807) is 0 Å². The molecule has 0 aromatic carbocycles. The van der Waals surface area contributed by atoms with Crippen LogP contribution in [0.2, 0.25) is 0 Å². The first-order chi connectivity index (χ1) is 7.65. The molecular formula is C12H19N3O. The van der Waals surface area contributed by atoms with E-state index in [-0.39, 0.29) is 5.78 Å². The van der Waals surface area contributed by atoms with Crippen LogP contribution in [0.25, 0.3) is 0 Å². The van der Waals surface area contributed by atoms with Gasteiger partial charge >= 0.3 is 0 Å². The Labute approximate surface area is 96.4 Å². The highest BCUT2D eigenvalue weighted by Crippen LogP contribution is 2.10. The average molecular weight is 221 g/mol. The van der Waals surface area contributed by atoms with Gasteiger partial charge in [-0.05, 0) is 39.4 Å². The molecule has 0 saturated carbocycles. The van der Waals surface area contributed by atoms with E-state index in [0.29, 0.717) is 19.1 Å². The van der Waals surface area contributed by atoms with Gasteiger partial charge in [0.2, 0.25) is 0 Å². The summed E-state index contributed by atoms with van der Waals surface area (Å²) >= 11 is 0. The predicted octanol–water partition coefficient (Wildman–Crippen LogP) is 0.598. The van der Waals surface area contributed by atoms with Crippen LogP contribution in [0.3, 0.4) is 0 Å². The lowest BCUT2D eigenvalue weighted by Gasteiger charge is -2.29. The maximum Gasteiger partial charge on any atom is 0.174 e. The lowest BCUT2D eigenvalue weighted by atomic mass is 10.1. The van der Waals surface area contributed by atoms with Crippen molar-refractivity contribution in [2.24, 2.45) is 4.99 Å². The maximum atomic E-state index is 11.9. The Morgan fingerprint density at radius 1 is 1.56 bits per heavy atom. The van der Waals surface area contributed by atoms with Crippen LogP contribution in [-0.4, -0.2) is 48.7 Å². The summed E-state index contributed by atoms with van der Waals surface area (Å²) in [6.07, 6.45) is 3.12. The third-order valence-electron chi connectivity index (χ3n) is 2.84. The van der Waals surface area contributed by atoms with Crippen molar-refractivity contribution in [3.63, 3.8) is 0 Å². The number of carbonyl (C=O) groups excluding carboxylic acids is 1. The van der Waals surface area contributed by atoms with Gasteiger partial charge in [0.25, 0.3) is 0 Å². The molecule has 0 aromatic heterocycles. The van der Waals surface area contributed by atoms with Crippen LogP contribution >= 0.6 is 0 Å². The highest BCUT2D eigenvalue weighted by atomic mass is 16.1. The molecule has 2 rings (SSSR count). The maximum absolute atomic E-state index is 11.9. The first-order valence-electron chi connectivity index (χ1n) is 5.92. The van der Waals surface area contributed by atoms with Crippen molar-refractivity contribution in [3.05, 3.63) is 11.6 Å². The summed E-state index contributed by atoms with van der Waals surface area (Å²) in [4.78, 5) is 18.3. The van der Waals surface area contributed by atoms with Crippen molar-refractivity contribution in [1.29, 1.82) is 0 Å². The first-order valence-corrected chi connectivity index (χ1v) is 5.92. The second-order valence-electron chi connectivity index (χ2n) is 4.72. The summed E-state index contributed by atoms with van der Waals surface area (Å²) in [6.45, 7) is 7.37. The molecule has 0 unspecified atom stereocenters. The molecule has 0 amide bonds. The SMILES string of the molecule is CC(C)NC1=NCC(C(=O)CN2CCC2)=C1. The van der Waals surface area contributed by atoms with Gasteiger partial charge in [0, 0.05) is 11.6 Å². The predicted molar refractivity (Wildman–Crippen MR) is 64.7 cm³/mol. The Hall–Kier alpha value is -1.16. The number of rotatable bonds is 4. The number of likely N-dealkylation sites (tertiary alicyclic amines) is 1. The number of nitrogens with one attached hydrogen (secondary N) is 1. The summed E-state index contributed by atoms with van der Waals surface area (Å²) in [7, 11) is 0. The summed E-state index contributed by atoms with van der Waals surface area (Å²) in [5, 5.41) is 3.22. The van der Waals surface area contributed by atoms with Crippen LogP contribution in [0, 0.1) is 0 Å². The van der Waals surface area contributed by atoms with E-state index in [1.807, 2.05) is 6.08 Å². The molecule has 0 atom stereocenters. The van der Waals surface area contributed by atoms with E-state index in [0.717, 1.165) is 24.5 Å². The molecule has 1 N–H and O–H groups in total. The summed E-state index contributed by atoms with van der Waals surface area (Å²) in [5.74, 6) is 1.07. The zero-order valence-corrected chi connectivity index (χ0v) is 9.99. The van der Waals surface area contributed by atoms with Gasteiger partial charge in [-0.25, -0.2) is 0 Å². The molecule has 0 radical (unpaired) electrons. The quantitative estimate of drug-likeness (QED) is 0.756.